The maximum absolute atomic E-state index is 6.15. The fraction of sp³-hybridized carbons (Fsp3) is 1.00. The van der Waals surface area contributed by atoms with Crippen molar-refractivity contribution in [1.82, 2.24) is 9.80 Å². The Morgan fingerprint density at radius 3 is 2.41 bits per heavy atom. The van der Waals surface area contributed by atoms with E-state index in [0.29, 0.717) is 5.54 Å². The average Bonchev–Trinajstić information content (AvgIpc) is 3.14. The lowest BCUT2D eigenvalue weighted by Crippen LogP contribution is -2.59. The highest BCUT2D eigenvalue weighted by molar-refractivity contribution is 4.97. The molecule has 1 saturated carbocycles. The predicted molar refractivity (Wildman–Crippen MR) is 73.1 cm³/mol. The number of hydrogen-bond donors (Lipinski definition) is 1. The van der Waals surface area contributed by atoms with Crippen LogP contribution in [0.15, 0.2) is 0 Å². The molecule has 1 aliphatic carbocycles. The molecular formula is C14H29N3. The standard InChI is InChI=1S/C14H29N3/c1-3-8-17(11-13-4-5-13)14(12-15)6-9-16(2)10-7-14/h13H,3-12,15H2,1-2H3. The Kier molecular flexibility index (Phi) is 4.45. The highest BCUT2D eigenvalue weighted by Crippen LogP contribution is 2.35. The van der Waals surface area contributed by atoms with E-state index < -0.39 is 0 Å². The van der Waals surface area contributed by atoms with Crippen LogP contribution in [0.5, 0.6) is 0 Å². The zero-order valence-electron chi connectivity index (χ0n) is 11.6. The lowest BCUT2D eigenvalue weighted by Gasteiger charge is -2.48. The first-order chi connectivity index (χ1) is 8.20. The van der Waals surface area contributed by atoms with E-state index in [1.807, 2.05) is 0 Å². The first-order valence-corrected chi connectivity index (χ1v) is 7.34. The quantitative estimate of drug-likeness (QED) is 0.763. The van der Waals surface area contributed by atoms with Gasteiger partial charge in [-0.15, -0.1) is 0 Å². The van der Waals surface area contributed by atoms with E-state index in [4.69, 9.17) is 5.73 Å². The molecule has 0 bridgehead atoms. The van der Waals surface area contributed by atoms with Gasteiger partial charge in [-0.25, -0.2) is 0 Å². The molecule has 0 amide bonds. The molecule has 0 spiro atoms. The molecule has 100 valence electrons. The molecule has 2 N–H and O–H groups in total. The van der Waals surface area contributed by atoms with Crippen molar-refractivity contribution in [2.45, 2.75) is 44.6 Å². The second kappa shape index (κ2) is 5.68. The molecule has 2 fully saturated rings. The Bertz CT molecular complexity index is 230. The summed E-state index contributed by atoms with van der Waals surface area (Å²) < 4.78 is 0. The van der Waals surface area contributed by atoms with Crippen LogP contribution in [0.3, 0.4) is 0 Å². The fourth-order valence-corrected chi connectivity index (χ4v) is 3.09. The van der Waals surface area contributed by atoms with Crippen molar-refractivity contribution in [2.24, 2.45) is 11.7 Å². The van der Waals surface area contributed by atoms with Gasteiger partial charge < -0.3 is 10.6 Å². The van der Waals surface area contributed by atoms with Crippen LogP contribution >= 0.6 is 0 Å². The third-order valence-electron chi connectivity index (χ3n) is 4.64. The molecule has 0 radical (unpaired) electrons. The van der Waals surface area contributed by atoms with Crippen LogP contribution in [0, 0.1) is 5.92 Å². The predicted octanol–water partition coefficient (Wildman–Crippen LogP) is 1.53. The molecule has 0 unspecified atom stereocenters. The first-order valence-electron chi connectivity index (χ1n) is 7.34. The molecule has 3 nitrogen and oxygen atoms in total. The number of nitrogens with zero attached hydrogens (tertiary/aromatic N) is 2. The van der Waals surface area contributed by atoms with Gasteiger partial charge in [-0.1, -0.05) is 6.92 Å². The van der Waals surface area contributed by atoms with Gasteiger partial charge in [-0.05, 0) is 64.7 Å². The lowest BCUT2D eigenvalue weighted by molar-refractivity contribution is 0.0301. The molecule has 1 aliphatic heterocycles. The van der Waals surface area contributed by atoms with Crippen LogP contribution < -0.4 is 5.73 Å². The van der Waals surface area contributed by atoms with Gasteiger partial charge >= 0.3 is 0 Å². The van der Waals surface area contributed by atoms with E-state index in [1.54, 1.807) is 0 Å². The second-order valence-electron chi connectivity index (χ2n) is 6.12. The highest BCUT2D eigenvalue weighted by atomic mass is 15.2. The number of hydrogen-bond acceptors (Lipinski definition) is 3. The molecule has 1 heterocycles. The van der Waals surface area contributed by atoms with Gasteiger partial charge in [0.25, 0.3) is 0 Å². The van der Waals surface area contributed by atoms with Gasteiger partial charge in [-0.3, -0.25) is 4.90 Å². The minimum atomic E-state index is 0.311. The molecule has 0 aromatic carbocycles. The normalized spacial score (nSPS) is 25.4. The summed E-state index contributed by atoms with van der Waals surface area (Å²) in [6.07, 6.45) is 6.66. The Morgan fingerprint density at radius 1 is 1.29 bits per heavy atom. The molecule has 2 rings (SSSR count). The number of nitrogens with two attached hydrogens (primary N) is 1. The maximum Gasteiger partial charge on any atom is 0.0356 e. The summed E-state index contributed by atoms with van der Waals surface area (Å²) in [5, 5.41) is 0. The van der Waals surface area contributed by atoms with Crippen molar-refractivity contribution in [1.29, 1.82) is 0 Å². The zero-order valence-corrected chi connectivity index (χ0v) is 11.6. The molecular weight excluding hydrogens is 210 g/mol. The third-order valence-corrected chi connectivity index (χ3v) is 4.64. The molecule has 0 atom stereocenters. The van der Waals surface area contributed by atoms with Gasteiger partial charge in [0.2, 0.25) is 0 Å². The topological polar surface area (TPSA) is 32.5 Å². The number of rotatable bonds is 6. The SMILES string of the molecule is CCCN(CC1CC1)C1(CN)CCN(C)CC1. The molecule has 1 saturated heterocycles. The van der Waals surface area contributed by atoms with E-state index in [-0.39, 0.29) is 0 Å². The Balaban J connectivity index is 2.00. The third kappa shape index (κ3) is 3.21. The Labute approximate surface area is 106 Å². The van der Waals surface area contributed by atoms with Crippen LogP contribution in [0.25, 0.3) is 0 Å². The largest absolute Gasteiger partial charge is 0.329 e. The van der Waals surface area contributed by atoms with Crippen molar-refractivity contribution in [3.63, 3.8) is 0 Å². The van der Waals surface area contributed by atoms with E-state index in [9.17, 15) is 0 Å². The van der Waals surface area contributed by atoms with Crippen LogP contribution in [-0.4, -0.2) is 55.1 Å². The lowest BCUT2D eigenvalue weighted by atomic mass is 9.85. The van der Waals surface area contributed by atoms with Gasteiger partial charge in [0, 0.05) is 18.6 Å². The molecule has 0 aromatic heterocycles. The van der Waals surface area contributed by atoms with Crippen LogP contribution in [-0.2, 0) is 0 Å². The molecule has 0 aromatic rings. The first kappa shape index (κ1) is 13.3. The summed E-state index contributed by atoms with van der Waals surface area (Å²) in [5.41, 5.74) is 6.46. The van der Waals surface area contributed by atoms with Crippen molar-refractivity contribution >= 4 is 0 Å². The van der Waals surface area contributed by atoms with Gasteiger partial charge in [0.05, 0.1) is 0 Å². The van der Waals surface area contributed by atoms with Crippen molar-refractivity contribution in [3.8, 4) is 0 Å². The Morgan fingerprint density at radius 2 is 1.94 bits per heavy atom. The maximum atomic E-state index is 6.15. The average molecular weight is 239 g/mol. The van der Waals surface area contributed by atoms with Gasteiger partial charge in [0.1, 0.15) is 0 Å². The van der Waals surface area contributed by atoms with Crippen molar-refractivity contribution in [2.75, 3.05) is 39.8 Å². The fourth-order valence-electron chi connectivity index (χ4n) is 3.09. The van der Waals surface area contributed by atoms with E-state index in [0.717, 1.165) is 12.5 Å². The minimum absolute atomic E-state index is 0.311. The van der Waals surface area contributed by atoms with E-state index in [1.165, 1.54) is 58.3 Å². The summed E-state index contributed by atoms with van der Waals surface area (Å²) in [4.78, 5) is 5.17. The van der Waals surface area contributed by atoms with E-state index >= 15 is 0 Å². The Hall–Kier alpha value is -0.120. The monoisotopic (exact) mass is 239 g/mol. The minimum Gasteiger partial charge on any atom is -0.329 e. The zero-order chi connectivity index (χ0) is 12.3. The number of piperidine rings is 1. The summed E-state index contributed by atoms with van der Waals surface area (Å²) in [6, 6.07) is 0. The van der Waals surface area contributed by atoms with Crippen molar-refractivity contribution < 1.29 is 0 Å². The second-order valence-corrected chi connectivity index (χ2v) is 6.12. The van der Waals surface area contributed by atoms with Crippen molar-refractivity contribution in [3.05, 3.63) is 0 Å². The smallest absolute Gasteiger partial charge is 0.0356 e. The number of likely N-dealkylation sites (tertiary alicyclic amines) is 1. The van der Waals surface area contributed by atoms with E-state index in [2.05, 4.69) is 23.8 Å². The van der Waals surface area contributed by atoms with Crippen LogP contribution in [0.1, 0.15) is 39.0 Å². The van der Waals surface area contributed by atoms with Crippen LogP contribution in [0.4, 0.5) is 0 Å². The van der Waals surface area contributed by atoms with Gasteiger partial charge in [0.15, 0.2) is 0 Å². The van der Waals surface area contributed by atoms with Gasteiger partial charge in [-0.2, -0.15) is 0 Å². The molecule has 2 aliphatic rings. The summed E-state index contributed by atoms with van der Waals surface area (Å²) in [7, 11) is 2.23. The molecule has 3 heteroatoms. The van der Waals surface area contributed by atoms with Crippen LogP contribution in [0.2, 0.25) is 0 Å². The summed E-state index contributed by atoms with van der Waals surface area (Å²) in [5.74, 6) is 0.977. The highest BCUT2D eigenvalue weighted by Gasteiger charge is 2.39. The summed E-state index contributed by atoms with van der Waals surface area (Å²) in [6.45, 7) is 8.09. The summed E-state index contributed by atoms with van der Waals surface area (Å²) >= 11 is 0. The molecule has 17 heavy (non-hydrogen) atoms.